The molecule has 0 bridgehead atoms. The highest BCUT2D eigenvalue weighted by atomic mass is 16.5. The van der Waals surface area contributed by atoms with E-state index in [9.17, 15) is 9.90 Å². The van der Waals surface area contributed by atoms with Crippen molar-refractivity contribution in [3.05, 3.63) is 53.1 Å². The highest BCUT2D eigenvalue weighted by molar-refractivity contribution is 5.99. The van der Waals surface area contributed by atoms with Gasteiger partial charge in [-0.3, -0.25) is 4.90 Å². The molecular formula is C32H41N3O3. The lowest BCUT2D eigenvalue weighted by molar-refractivity contribution is 0.0324. The lowest BCUT2D eigenvalue weighted by Crippen LogP contribution is -2.43. The molecule has 1 saturated carbocycles. The van der Waals surface area contributed by atoms with Crippen LogP contribution in [-0.2, 0) is 11.3 Å². The molecular weight excluding hydrogens is 474 g/mol. The Morgan fingerprint density at radius 2 is 1.82 bits per heavy atom. The molecule has 2 fully saturated rings. The molecule has 0 spiro atoms. The highest BCUT2D eigenvalue weighted by Gasteiger charge is 2.31. The second-order valence-corrected chi connectivity index (χ2v) is 11.6. The number of piperidine rings is 1. The molecule has 6 heteroatoms. The molecule has 2 aliphatic heterocycles. The number of likely N-dealkylation sites (tertiary alicyclic amines) is 1. The summed E-state index contributed by atoms with van der Waals surface area (Å²) in [4.78, 5) is 17.1. The van der Waals surface area contributed by atoms with E-state index < -0.39 is 5.97 Å². The monoisotopic (exact) mass is 515 g/mol. The Morgan fingerprint density at radius 3 is 2.61 bits per heavy atom. The van der Waals surface area contributed by atoms with Crippen LogP contribution in [0.5, 0.6) is 0 Å². The fourth-order valence-electron chi connectivity index (χ4n) is 7.18. The van der Waals surface area contributed by atoms with Crippen LogP contribution < -0.4 is 4.90 Å². The zero-order valence-electron chi connectivity index (χ0n) is 22.9. The predicted molar refractivity (Wildman–Crippen MR) is 154 cm³/mol. The van der Waals surface area contributed by atoms with E-state index in [0.29, 0.717) is 17.6 Å². The molecule has 6 rings (SSSR count). The molecule has 0 radical (unpaired) electrons. The molecule has 3 heterocycles. The molecule has 0 amide bonds. The lowest BCUT2D eigenvalue weighted by Gasteiger charge is -2.34. The second-order valence-electron chi connectivity index (χ2n) is 11.6. The summed E-state index contributed by atoms with van der Waals surface area (Å²) in [5.74, 6) is -0.331. The molecule has 1 atom stereocenters. The van der Waals surface area contributed by atoms with E-state index >= 15 is 0 Å². The lowest BCUT2D eigenvalue weighted by atomic mass is 9.81. The molecule has 1 saturated heterocycles. The van der Waals surface area contributed by atoms with Crippen molar-refractivity contribution in [2.75, 3.05) is 44.7 Å². The summed E-state index contributed by atoms with van der Waals surface area (Å²) in [6.07, 6.45) is 8.99. The Balaban J connectivity index is 1.43. The number of nitrogens with zero attached hydrogens (tertiary/aromatic N) is 3. The van der Waals surface area contributed by atoms with E-state index in [1.807, 2.05) is 13.2 Å². The van der Waals surface area contributed by atoms with E-state index in [0.717, 1.165) is 51.2 Å². The second kappa shape index (κ2) is 10.7. The first kappa shape index (κ1) is 25.4. The van der Waals surface area contributed by atoms with Gasteiger partial charge in [0.2, 0.25) is 0 Å². The van der Waals surface area contributed by atoms with Crippen molar-refractivity contribution in [1.82, 2.24) is 9.47 Å². The molecule has 2 aromatic carbocycles. The standard InChI is InChI=1S/C32H41N3O3/c1-22-10-12-27-28(19-22)34(16-15-33-14-6-9-25(21-33)38-2)17-18-35-29-20-24(32(36)37)11-13-26(29)30(31(27)35)23-7-4-3-5-8-23/h10-13,19-20,23,25H,3-9,14-18,21H2,1-2H3,(H,36,37). The maximum absolute atomic E-state index is 11.9. The van der Waals surface area contributed by atoms with E-state index in [1.165, 1.54) is 72.0 Å². The van der Waals surface area contributed by atoms with Gasteiger partial charge in [-0.1, -0.05) is 37.5 Å². The third-order valence-electron chi connectivity index (χ3n) is 9.19. The fourth-order valence-corrected chi connectivity index (χ4v) is 7.18. The summed E-state index contributed by atoms with van der Waals surface area (Å²) in [5, 5.41) is 11.0. The van der Waals surface area contributed by atoms with E-state index in [4.69, 9.17) is 4.74 Å². The maximum atomic E-state index is 11.9. The van der Waals surface area contributed by atoms with Crippen LogP contribution in [0.3, 0.4) is 0 Å². The van der Waals surface area contributed by atoms with Gasteiger partial charge in [-0.25, -0.2) is 4.79 Å². The van der Waals surface area contributed by atoms with Crippen molar-refractivity contribution >= 4 is 22.6 Å². The van der Waals surface area contributed by atoms with Gasteiger partial charge in [0.05, 0.1) is 17.4 Å². The number of ether oxygens (including phenoxy) is 1. The summed E-state index contributed by atoms with van der Waals surface area (Å²) in [5.41, 5.74) is 8.12. The average molecular weight is 516 g/mol. The van der Waals surface area contributed by atoms with Crippen molar-refractivity contribution < 1.29 is 14.6 Å². The topological polar surface area (TPSA) is 57.9 Å². The highest BCUT2D eigenvalue weighted by Crippen LogP contribution is 2.47. The van der Waals surface area contributed by atoms with Gasteiger partial charge in [0.25, 0.3) is 0 Å². The third-order valence-corrected chi connectivity index (χ3v) is 9.19. The van der Waals surface area contributed by atoms with Gasteiger partial charge in [0.1, 0.15) is 0 Å². The molecule has 38 heavy (non-hydrogen) atoms. The van der Waals surface area contributed by atoms with Gasteiger partial charge in [-0.05, 0) is 74.4 Å². The number of carboxylic acid groups (broad SMARTS) is 1. The van der Waals surface area contributed by atoms with Crippen LogP contribution in [0.1, 0.15) is 72.3 Å². The first-order valence-electron chi connectivity index (χ1n) is 14.5. The summed E-state index contributed by atoms with van der Waals surface area (Å²) in [7, 11) is 1.83. The summed E-state index contributed by atoms with van der Waals surface area (Å²) in [6, 6.07) is 12.7. The zero-order valence-corrected chi connectivity index (χ0v) is 22.9. The number of rotatable bonds is 6. The van der Waals surface area contributed by atoms with Gasteiger partial charge in [-0.2, -0.15) is 0 Å². The number of carboxylic acids is 1. The van der Waals surface area contributed by atoms with Crippen molar-refractivity contribution in [2.45, 2.75) is 70.4 Å². The van der Waals surface area contributed by atoms with Crippen LogP contribution in [0.4, 0.5) is 5.69 Å². The van der Waals surface area contributed by atoms with Crippen molar-refractivity contribution in [3.63, 3.8) is 0 Å². The van der Waals surface area contributed by atoms with E-state index in [-0.39, 0.29) is 0 Å². The quantitative estimate of drug-likeness (QED) is 0.418. The van der Waals surface area contributed by atoms with Crippen LogP contribution in [0.25, 0.3) is 22.2 Å². The first-order valence-corrected chi connectivity index (χ1v) is 14.5. The number of fused-ring (bicyclic) bond motifs is 5. The molecule has 202 valence electrons. The Bertz CT molecular complexity index is 1320. The normalized spacial score (nSPS) is 20.8. The molecule has 3 aliphatic rings. The average Bonchev–Trinajstić information content (AvgIpc) is 3.18. The number of anilines is 1. The molecule has 1 aromatic heterocycles. The number of benzene rings is 2. The summed E-state index contributed by atoms with van der Waals surface area (Å²) in [6.45, 7) is 8.12. The van der Waals surface area contributed by atoms with Gasteiger partial charge in [0, 0.05) is 62.0 Å². The first-order chi connectivity index (χ1) is 18.5. The molecule has 6 nitrogen and oxygen atoms in total. The number of methoxy groups -OCH3 is 1. The largest absolute Gasteiger partial charge is 0.478 e. The van der Waals surface area contributed by atoms with Gasteiger partial charge in [0.15, 0.2) is 0 Å². The summed E-state index contributed by atoms with van der Waals surface area (Å²) >= 11 is 0. The Labute approximate surface area is 226 Å². The Morgan fingerprint density at radius 1 is 0.974 bits per heavy atom. The number of aromatic nitrogens is 1. The number of carbonyl (C=O) groups is 1. The molecule has 1 unspecified atom stereocenters. The minimum absolute atomic E-state index is 0.344. The Kier molecular flexibility index (Phi) is 7.19. The third kappa shape index (κ3) is 4.73. The van der Waals surface area contributed by atoms with Crippen LogP contribution >= 0.6 is 0 Å². The smallest absolute Gasteiger partial charge is 0.335 e. The Hall–Kier alpha value is -2.83. The van der Waals surface area contributed by atoms with Crippen LogP contribution in [0, 0.1) is 6.92 Å². The van der Waals surface area contributed by atoms with Crippen molar-refractivity contribution in [1.29, 1.82) is 0 Å². The van der Waals surface area contributed by atoms with Crippen LogP contribution in [0.2, 0.25) is 0 Å². The summed E-state index contributed by atoms with van der Waals surface area (Å²) < 4.78 is 8.12. The number of aromatic carboxylic acids is 1. The number of aryl methyl sites for hydroxylation is 1. The van der Waals surface area contributed by atoms with E-state index in [1.54, 1.807) is 6.07 Å². The minimum Gasteiger partial charge on any atom is -0.478 e. The van der Waals surface area contributed by atoms with Crippen LogP contribution in [0.15, 0.2) is 36.4 Å². The zero-order chi connectivity index (χ0) is 26.2. The van der Waals surface area contributed by atoms with Crippen LogP contribution in [-0.4, -0.2) is 66.5 Å². The molecule has 3 aromatic rings. The molecule has 1 N–H and O–H groups in total. The number of hydrogen-bond acceptors (Lipinski definition) is 4. The predicted octanol–water partition coefficient (Wildman–Crippen LogP) is 6.29. The van der Waals surface area contributed by atoms with Crippen molar-refractivity contribution in [2.24, 2.45) is 0 Å². The maximum Gasteiger partial charge on any atom is 0.335 e. The fraction of sp³-hybridized carbons (Fsp3) is 0.531. The number of hydrogen-bond donors (Lipinski definition) is 1. The van der Waals surface area contributed by atoms with Crippen molar-refractivity contribution in [3.8, 4) is 11.3 Å². The van der Waals surface area contributed by atoms with Gasteiger partial charge < -0.3 is 19.3 Å². The minimum atomic E-state index is -0.858. The van der Waals surface area contributed by atoms with Gasteiger partial charge >= 0.3 is 5.97 Å². The molecule has 1 aliphatic carbocycles. The van der Waals surface area contributed by atoms with E-state index in [2.05, 4.69) is 45.6 Å². The van der Waals surface area contributed by atoms with Gasteiger partial charge in [-0.15, -0.1) is 0 Å². The SMILES string of the molecule is COC1CCCN(CCN2CCn3c(c(C4CCCCC4)c4ccc(C(=O)O)cc43)-c3ccc(C)cc32)C1.